The molecule has 0 spiro atoms. The first kappa shape index (κ1) is 14.7. The summed E-state index contributed by atoms with van der Waals surface area (Å²) in [5.74, 6) is -0.306. The van der Waals surface area contributed by atoms with Crippen LogP contribution >= 0.6 is 11.6 Å². The number of nitrogens with zero attached hydrogens (tertiary/aromatic N) is 3. The van der Waals surface area contributed by atoms with E-state index in [1.54, 1.807) is 12.1 Å². The number of aromatic carboxylic acids is 1. The number of rotatable bonds is 4. The average molecular weight is 332 g/mol. The molecule has 1 aliphatic carbocycles. The summed E-state index contributed by atoms with van der Waals surface area (Å²) in [4.78, 5) is 13.4. The van der Waals surface area contributed by atoms with Gasteiger partial charge in [-0.3, -0.25) is 9.58 Å². The van der Waals surface area contributed by atoms with Gasteiger partial charge in [-0.2, -0.15) is 5.10 Å². The molecule has 23 heavy (non-hydrogen) atoms. The summed E-state index contributed by atoms with van der Waals surface area (Å²) in [5.41, 5.74) is 3.71. The first-order chi connectivity index (χ1) is 11.1. The summed E-state index contributed by atoms with van der Waals surface area (Å²) in [6, 6.07) is 7.42. The number of carbonyl (C=O) groups is 1. The van der Waals surface area contributed by atoms with Gasteiger partial charge in [-0.15, -0.1) is 0 Å². The molecule has 0 bridgehead atoms. The molecule has 1 aromatic carbocycles. The Morgan fingerprint density at radius 2 is 2.13 bits per heavy atom. The lowest BCUT2D eigenvalue weighted by atomic mass is 10.1. The van der Waals surface area contributed by atoms with Gasteiger partial charge in [-0.25, -0.2) is 4.79 Å². The quantitative estimate of drug-likeness (QED) is 0.935. The molecule has 1 saturated carbocycles. The third kappa shape index (κ3) is 2.99. The Bertz CT molecular complexity index is 767. The second kappa shape index (κ2) is 5.65. The normalized spacial score (nSPS) is 18.0. The van der Waals surface area contributed by atoms with Crippen LogP contribution in [0.25, 0.3) is 0 Å². The highest BCUT2D eigenvalue weighted by molar-refractivity contribution is 6.33. The molecule has 2 aromatic rings. The number of hydrogen-bond acceptors (Lipinski definition) is 3. The monoisotopic (exact) mass is 331 g/mol. The maximum atomic E-state index is 11.0. The third-order valence-electron chi connectivity index (χ3n) is 4.56. The molecule has 1 fully saturated rings. The molecule has 0 saturated heterocycles. The van der Waals surface area contributed by atoms with E-state index in [4.69, 9.17) is 21.8 Å². The molecule has 1 N–H and O–H groups in total. The van der Waals surface area contributed by atoms with Crippen molar-refractivity contribution in [3.63, 3.8) is 0 Å². The Hall–Kier alpha value is -1.85. The van der Waals surface area contributed by atoms with Crippen molar-refractivity contribution >= 4 is 17.6 Å². The fourth-order valence-corrected chi connectivity index (χ4v) is 3.43. The van der Waals surface area contributed by atoms with Crippen molar-refractivity contribution < 1.29 is 9.90 Å². The molecule has 0 unspecified atom stereocenters. The Balaban J connectivity index is 1.47. The minimum atomic E-state index is -0.990. The van der Waals surface area contributed by atoms with E-state index in [1.165, 1.54) is 24.2 Å². The van der Waals surface area contributed by atoms with Crippen LogP contribution in [-0.4, -0.2) is 32.3 Å². The lowest BCUT2D eigenvalue weighted by Gasteiger charge is -2.27. The van der Waals surface area contributed by atoms with E-state index < -0.39 is 5.97 Å². The van der Waals surface area contributed by atoms with Crippen LogP contribution in [-0.2, 0) is 19.6 Å². The first-order valence-corrected chi connectivity index (χ1v) is 8.28. The lowest BCUT2D eigenvalue weighted by Crippen LogP contribution is -2.33. The van der Waals surface area contributed by atoms with Gasteiger partial charge in [0.05, 0.1) is 28.5 Å². The molecule has 2 aliphatic rings. The van der Waals surface area contributed by atoms with Crippen molar-refractivity contribution in [1.29, 1.82) is 0 Å². The summed E-state index contributed by atoms with van der Waals surface area (Å²) >= 11 is 6.05. The van der Waals surface area contributed by atoms with E-state index >= 15 is 0 Å². The van der Waals surface area contributed by atoms with Crippen LogP contribution in [0.15, 0.2) is 24.3 Å². The van der Waals surface area contributed by atoms with Crippen molar-refractivity contribution in [2.75, 3.05) is 6.54 Å². The molecule has 1 aromatic heterocycles. The summed E-state index contributed by atoms with van der Waals surface area (Å²) in [6.07, 6.45) is 2.54. The summed E-state index contributed by atoms with van der Waals surface area (Å²) < 4.78 is 2.13. The fourth-order valence-electron chi connectivity index (χ4n) is 3.15. The Labute approximate surface area is 139 Å². The Morgan fingerprint density at radius 3 is 2.83 bits per heavy atom. The zero-order valence-corrected chi connectivity index (χ0v) is 13.5. The van der Waals surface area contributed by atoms with Crippen molar-refractivity contribution in [2.45, 2.75) is 38.4 Å². The standard InChI is InChI=1S/C17H18ClN3O2/c18-15-7-11(1-4-14(15)17(22)23)9-20-5-6-21-13(10-20)8-16(19-21)12-2-3-12/h1,4,7-8,12H,2-3,5-6,9-10H2,(H,22,23). The van der Waals surface area contributed by atoms with Gasteiger partial charge in [-0.1, -0.05) is 17.7 Å². The zero-order valence-electron chi connectivity index (χ0n) is 12.7. The van der Waals surface area contributed by atoms with Crippen molar-refractivity contribution in [3.8, 4) is 0 Å². The van der Waals surface area contributed by atoms with Gasteiger partial charge in [0.15, 0.2) is 0 Å². The molecule has 4 rings (SSSR count). The Morgan fingerprint density at radius 1 is 1.30 bits per heavy atom. The molecule has 5 nitrogen and oxygen atoms in total. The molecule has 120 valence electrons. The summed E-state index contributed by atoms with van der Waals surface area (Å²) in [6.45, 7) is 3.49. The van der Waals surface area contributed by atoms with E-state index in [1.807, 2.05) is 6.07 Å². The number of halogens is 1. The Kier molecular flexibility index (Phi) is 3.62. The second-order valence-electron chi connectivity index (χ2n) is 6.39. The number of carboxylic acids is 1. The average Bonchev–Trinajstić information content (AvgIpc) is 3.27. The topological polar surface area (TPSA) is 58.4 Å². The van der Waals surface area contributed by atoms with Gasteiger partial charge in [-0.05, 0) is 36.6 Å². The highest BCUT2D eigenvalue weighted by Crippen LogP contribution is 2.39. The molecular weight excluding hydrogens is 314 g/mol. The van der Waals surface area contributed by atoms with Gasteiger partial charge in [0.2, 0.25) is 0 Å². The van der Waals surface area contributed by atoms with Crippen molar-refractivity contribution in [3.05, 3.63) is 51.8 Å². The fraction of sp³-hybridized carbons (Fsp3) is 0.412. The van der Waals surface area contributed by atoms with Crippen LogP contribution in [0.4, 0.5) is 0 Å². The van der Waals surface area contributed by atoms with E-state index in [0.29, 0.717) is 10.9 Å². The van der Waals surface area contributed by atoms with Crippen LogP contribution in [0.2, 0.25) is 5.02 Å². The smallest absolute Gasteiger partial charge is 0.337 e. The lowest BCUT2D eigenvalue weighted by molar-refractivity contribution is 0.0697. The molecule has 6 heteroatoms. The number of benzene rings is 1. The van der Waals surface area contributed by atoms with E-state index in [2.05, 4.69) is 15.6 Å². The van der Waals surface area contributed by atoms with Crippen LogP contribution in [0.3, 0.4) is 0 Å². The largest absolute Gasteiger partial charge is 0.478 e. The maximum Gasteiger partial charge on any atom is 0.337 e. The SMILES string of the molecule is O=C(O)c1ccc(CN2CCn3nc(C4CC4)cc3C2)cc1Cl. The molecule has 0 amide bonds. The van der Waals surface area contributed by atoms with Gasteiger partial charge < -0.3 is 5.11 Å². The van der Waals surface area contributed by atoms with E-state index in [9.17, 15) is 4.79 Å². The predicted octanol–water partition coefficient (Wildman–Crippen LogP) is 3.13. The predicted molar refractivity (Wildman–Crippen MR) is 86.7 cm³/mol. The van der Waals surface area contributed by atoms with Crippen molar-refractivity contribution in [1.82, 2.24) is 14.7 Å². The van der Waals surface area contributed by atoms with Crippen LogP contribution in [0.1, 0.15) is 46.1 Å². The maximum absolute atomic E-state index is 11.0. The zero-order chi connectivity index (χ0) is 16.0. The number of aromatic nitrogens is 2. The van der Waals surface area contributed by atoms with Crippen LogP contribution in [0, 0.1) is 0 Å². The van der Waals surface area contributed by atoms with Gasteiger partial charge in [0, 0.05) is 25.6 Å². The first-order valence-electron chi connectivity index (χ1n) is 7.91. The molecular formula is C17H18ClN3O2. The number of hydrogen-bond donors (Lipinski definition) is 1. The minimum absolute atomic E-state index is 0.154. The highest BCUT2D eigenvalue weighted by atomic mass is 35.5. The van der Waals surface area contributed by atoms with Crippen LogP contribution < -0.4 is 0 Å². The molecule has 1 aliphatic heterocycles. The van der Waals surface area contributed by atoms with Gasteiger partial charge >= 0.3 is 5.97 Å². The van der Waals surface area contributed by atoms with Gasteiger partial charge in [0.25, 0.3) is 0 Å². The molecule has 0 atom stereocenters. The minimum Gasteiger partial charge on any atom is -0.478 e. The third-order valence-corrected chi connectivity index (χ3v) is 4.87. The second-order valence-corrected chi connectivity index (χ2v) is 6.80. The molecule has 0 radical (unpaired) electrons. The van der Waals surface area contributed by atoms with Gasteiger partial charge in [0.1, 0.15) is 0 Å². The number of carboxylic acid groups (broad SMARTS) is 1. The number of fused-ring (bicyclic) bond motifs is 1. The highest BCUT2D eigenvalue weighted by Gasteiger charge is 2.28. The summed E-state index contributed by atoms with van der Waals surface area (Å²) in [7, 11) is 0. The van der Waals surface area contributed by atoms with Crippen molar-refractivity contribution in [2.24, 2.45) is 0 Å². The van der Waals surface area contributed by atoms with Crippen LogP contribution in [0.5, 0.6) is 0 Å². The van der Waals surface area contributed by atoms with E-state index in [-0.39, 0.29) is 5.56 Å². The summed E-state index contributed by atoms with van der Waals surface area (Å²) in [5, 5.41) is 14.0. The van der Waals surface area contributed by atoms with E-state index in [0.717, 1.165) is 31.7 Å². The molecule has 2 heterocycles.